The van der Waals surface area contributed by atoms with Gasteiger partial charge in [0.2, 0.25) is 10.0 Å². The van der Waals surface area contributed by atoms with Crippen LogP contribution in [0.4, 0.5) is 5.69 Å². The molecule has 150 valence electrons. The molecule has 4 rings (SSSR count). The minimum absolute atomic E-state index is 0.193. The molecule has 0 saturated carbocycles. The van der Waals surface area contributed by atoms with E-state index in [1.165, 1.54) is 10.4 Å². The summed E-state index contributed by atoms with van der Waals surface area (Å²) in [6.45, 7) is 2.34. The summed E-state index contributed by atoms with van der Waals surface area (Å²) in [6.07, 6.45) is 0. The Kier molecular flexibility index (Phi) is 5.36. The van der Waals surface area contributed by atoms with Gasteiger partial charge in [-0.05, 0) is 48.2 Å². The second kappa shape index (κ2) is 7.94. The number of benzene rings is 3. The second-order valence-corrected chi connectivity index (χ2v) is 9.19. The van der Waals surface area contributed by atoms with Crippen molar-refractivity contribution in [3.63, 3.8) is 0 Å². The van der Waals surface area contributed by atoms with Gasteiger partial charge in [-0.3, -0.25) is 4.79 Å². The molecule has 1 N–H and O–H groups in total. The van der Waals surface area contributed by atoms with Crippen molar-refractivity contribution in [3.05, 3.63) is 72.3 Å². The van der Waals surface area contributed by atoms with Crippen LogP contribution < -0.4 is 5.32 Å². The first-order valence-electron chi connectivity index (χ1n) is 9.52. The van der Waals surface area contributed by atoms with E-state index in [2.05, 4.69) is 10.2 Å². The molecule has 3 aromatic carbocycles. The minimum atomic E-state index is -3.58. The second-order valence-electron chi connectivity index (χ2n) is 7.25. The fourth-order valence-electron chi connectivity index (χ4n) is 3.45. The number of carbonyl (C=O) groups is 1. The lowest BCUT2D eigenvalue weighted by molar-refractivity contribution is 0.102. The highest BCUT2D eigenvalue weighted by atomic mass is 32.2. The molecule has 1 heterocycles. The lowest BCUT2D eigenvalue weighted by atomic mass is 10.1. The SMILES string of the molecule is CN1CCN(S(=O)(=O)c2cccc(NC(=O)c3ccc4ccccc4c3)c2)CC1. The minimum Gasteiger partial charge on any atom is -0.322 e. The number of hydrogen-bond acceptors (Lipinski definition) is 4. The Labute approximate surface area is 170 Å². The van der Waals surface area contributed by atoms with Crippen molar-refractivity contribution >= 4 is 32.4 Å². The summed E-state index contributed by atoms with van der Waals surface area (Å²) in [5, 5.41) is 4.85. The average molecular weight is 410 g/mol. The van der Waals surface area contributed by atoms with Crippen LogP contribution in [0.2, 0.25) is 0 Å². The van der Waals surface area contributed by atoms with Crippen molar-refractivity contribution in [2.75, 3.05) is 38.5 Å². The highest BCUT2D eigenvalue weighted by molar-refractivity contribution is 7.89. The molecular formula is C22H23N3O3S. The van der Waals surface area contributed by atoms with Crippen LogP contribution in [0.1, 0.15) is 10.4 Å². The third-order valence-electron chi connectivity index (χ3n) is 5.20. The number of anilines is 1. The molecule has 1 saturated heterocycles. The van der Waals surface area contributed by atoms with E-state index in [4.69, 9.17) is 0 Å². The fourth-order valence-corrected chi connectivity index (χ4v) is 4.91. The summed E-state index contributed by atoms with van der Waals surface area (Å²) in [4.78, 5) is 15.0. The molecule has 0 spiro atoms. The number of amides is 1. The number of fused-ring (bicyclic) bond motifs is 1. The largest absolute Gasteiger partial charge is 0.322 e. The van der Waals surface area contributed by atoms with Crippen LogP contribution in [0.5, 0.6) is 0 Å². The number of sulfonamides is 1. The van der Waals surface area contributed by atoms with E-state index in [0.717, 1.165) is 10.8 Å². The van der Waals surface area contributed by atoms with Crippen molar-refractivity contribution in [1.29, 1.82) is 0 Å². The standard InChI is InChI=1S/C22H23N3O3S/c1-24-11-13-25(14-12-24)29(27,28)21-8-4-7-20(16-21)23-22(26)19-10-9-17-5-2-3-6-18(17)15-19/h2-10,15-16H,11-14H2,1H3,(H,23,26). The van der Waals surface area contributed by atoms with E-state index in [9.17, 15) is 13.2 Å². The molecule has 3 aromatic rings. The van der Waals surface area contributed by atoms with Gasteiger partial charge in [-0.25, -0.2) is 8.42 Å². The first kappa shape index (κ1) is 19.6. The van der Waals surface area contributed by atoms with E-state index in [1.807, 2.05) is 43.4 Å². The maximum atomic E-state index is 12.9. The van der Waals surface area contributed by atoms with Gasteiger partial charge in [0.1, 0.15) is 0 Å². The molecule has 0 bridgehead atoms. The number of nitrogens with one attached hydrogen (secondary N) is 1. The van der Waals surface area contributed by atoms with Crippen LogP contribution in [-0.2, 0) is 10.0 Å². The summed E-state index contributed by atoms with van der Waals surface area (Å²) in [6, 6.07) is 19.8. The molecule has 0 unspecified atom stereocenters. The van der Waals surface area contributed by atoms with E-state index < -0.39 is 10.0 Å². The van der Waals surface area contributed by atoms with Crippen molar-refractivity contribution in [3.8, 4) is 0 Å². The van der Waals surface area contributed by atoms with E-state index in [1.54, 1.807) is 24.3 Å². The lowest BCUT2D eigenvalue weighted by Crippen LogP contribution is -2.47. The van der Waals surface area contributed by atoms with Crippen molar-refractivity contribution in [2.45, 2.75) is 4.90 Å². The molecule has 29 heavy (non-hydrogen) atoms. The van der Waals surface area contributed by atoms with Crippen LogP contribution in [0.3, 0.4) is 0 Å². The summed E-state index contributed by atoms with van der Waals surface area (Å²) in [5.74, 6) is -0.273. The number of hydrogen-bond donors (Lipinski definition) is 1. The zero-order valence-corrected chi connectivity index (χ0v) is 17.0. The highest BCUT2D eigenvalue weighted by Gasteiger charge is 2.27. The van der Waals surface area contributed by atoms with Gasteiger partial charge in [-0.1, -0.05) is 36.4 Å². The molecule has 0 aromatic heterocycles. The van der Waals surface area contributed by atoms with Gasteiger partial charge in [0.05, 0.1) is 4.90 Å². The molecule has 1 aliphatic heterocycles. The van der Waals surface area contributed by atoms with E-state index in [0.29, 0.717) is 37.4 Å². The van der Waals surface area contributed by atoms with Gasteiger partial charge in [0, 0.05) is 37.4 Å². The monoisotopic (exact) mass is 409 g/mol. The summed E-state index contributed by atoms with van der Waals surface area (Å²) in [5.41, 5.74) is 0.981. The number of carbonyl (C=O) groups excluding carboxylic acids is 1. The average Bonchev–Trinajstić information content (AvgIpc) is 2.74. The van der Waals surface area contributed by atoms with Gasteiger partial charge < -0.3 is 10.2 Å². The number of piperazine rings is 1. The third kappa shape index (κ3) is 4.17. The van der Waals surface area contributed by atoms with Gasteiger partial charge >= 0.3 is 0 Å². The molecule has 1 aliphatic rings. The normalized spacial score (nSPS) is 16.0. The molecule has 1 fully saturated rings. The highest BCUT2D eigenvalue weighted by Crippen LogP contribution is 2.22. The predicted molar refractivity (Wildman–Crippen MR) is 115 cm³/mol. The Hall–Kier alpha value is -2.74. The summed E-state index contributed by atoms with van der Waals surface area (Å²) >= 11 is 0. The molecule has 0 atom stereocenters. The summed E-state index contributed by atoms with van der Waals surface area (Å²) < 4.78 is 27.4. The van der Waals surface area contributed by atoms with Crippen LogP contribution in [0.25, 0.3) is 10.8 Å². The molecule has 6 nitrogen and oxygen atoms in total. The van der Waals surface area contributed by atoms with Gasteiger partial charge in [0.25, 0.3) is 5.91 Å². The Balaban J connectivity index is 1.54. The molecule has 0 aliphatic carbocycles. The zero-order chi connectivity index (χ0) is 20.4. The Morgan fingerprint density at radius 2 is 1.59 bits per heavy atom. The van der Waals surface area contributed by atoms with Crippen LogP contribution in [0.15, 0.2) is 71.6 Å². The quantitative estimate of drug-likeness (QED) is 0.719. The topological polar surface area (TPSA) is 69.7 Å². The van der Waals surface area contributed by atoms with E-state index in [-0.39, 0.29) is 10.8 Å². The van der Waals surface area contributed by atoms with Crippen LogP contribution >= 0.6 is 0 Å². The van der Waals surface area contributed by atoms with E-state index >= 15 is 0 Å². The van der Waals surface area contributed by atoms with Crippen molar-refractivity contribution in [1.82, 2.24) is 9.21 Å². The first-order valence-corrected chi connectivity index (χ1v) is 11.0. The van der Waals surface area contributed by atoms with Gasteiger partial charge in [-0.15, -0.1) is 0 Å². The van der Waals surface area contributed by atoms with Crippen LogP contribution in [-0.4, -0.2) is 56.8 Å². The Bertz CT molecular complexity index is 1150. The molecule has 1 amide bonds. The molecule has 0 radical (unpaired) electrons. The maximum Gasteiger partial charge on any atom is 0.255 e. The third-order valence-corrected chi connectivity index (χ3v) is 7.10. The van der Waals surface area contributed by atoms with Crippen molar-refractivity contribution < 1.29 is 13.2 Å². The number of likely N-dealkylation sites (N-methyl/N-ethyl adjacent to an activating group) is 1. The summed E-state index contributed by atoms with van der Waals surface area (Å²) in [7, 11) is -1.60. The number of rotatable bonds is 4. The van der Waals surface area contributed by atoms with Gasteiger partial charge in [-0.2, -0.15) is 4.31 Å². The smallest absolute Gasteiger partial charge is 0.255 e. The fraction of sp³-hybridized carbons (Fsp3) is 0.227. The van der Waals surface area contributed by atoms with Crippen molar-refractivity contribution in [2.24, 2.45) is 0 Å². The number of nitrogens with zero attached hydrogens (tertiary/aromatic N) is 2. The van der Waals surface area contributed by atoms with Gasteiger partial charge in [0.15, 0.2) is 0 Å². The Morgan fingerprint density at radius 3 is 2.34 bits per heavy atom. The predicted octanol–water partition coefficient (Wildman–Crippen LogP) is 3.03. The first-order chi connectivity index (χ1) is 13.9. The Morgan fingerprint density at radius 1 is 0.862 bits per heavy atom. The van der Waals surface area contributed by atoms with Crippen LogP contribution in [0, 0.1) is 0 Å². The maximum absolute atomic E-state index is 12.9. The molecular weight excluding hydrogens is 386 g/mol. The molecule has 7 heteroatoms. The lowest BCUT2D eigenvalue weighted by Gasteiger charge is -2.31. The zero-order valence-electron chi connectivity index (χ0n) is 16.2.